The minimum absolute atomic E-state index is 0.0329. The van der Waals surface area contributed by atoms with Crippen molar-refractivity contribution in [3.05, 3.63) is 36.0 Å². The van der Waals surface area contributed by atoms with Crippen LogP contribution < -0.4 is 5.32 Å². The molecule has 6 unspecified atom stereocenters. The third-order valence-corrected chi connectivity index (χ3v) is 17.3. The maximum atomic E-state index is 12.9. The van der Waals surface area contributed by atoms with Gasteiger partial charge in [0.15, 0.2) is 0 Å². The molecule has 7 nitrogen and oxygen atoms in total. The number of rotatable bonds is 31. The SMILES string of the molecule is CCCCC=CCC=CCCCCCCCCOCC(CN1CCCC1C)OCCOCCNC(=O)O[C@H]1CC[C@@]2(C)C(=CC[C@H]3C4CCC(C(C)CCCC(C)C)[C@@]4(C)CCC32)C1. The second kappa shape index (κ2) is 28.6. The van der Waals surface area contributed by atoms with Gasteiger partial charge in [-0.25, -0.2) is 4.79 Å². The predicted molar refractivity (Wildman–Crippen MR) is 268 cm³/mol. The molecule has 1 saturated heterocycles. The lowest BCUT2D eigenvalue weighted by atomic mass is 9.47. The van der Waals surface area contributed by atoms with E-state index in [0.717, 1.165) is 87.3 Å². The van der Waals surface area contributed by atoms with Crippen LogP contribution in [0.15, 0.2) is 36.0 Å². The van der Waals surface area contributed by atoms with E-state index >= 15 is 0 Å². The summed E-state index contributed by atoms with van der Waals surface area (Å²) in [5, 5.41) is 2.97. The van der Waals surface area contributed by atoms with Crippen molar-refractivity contribution in [1.29, 1.82) is 0 Å². The largest absolute Gasteiger partial charge is 0.446 e. The fourth-order valence-electron chi connectivity index (χ4n) is 13.4. The van der Waals surface area contributed by atoms with E-state index in [1.54, 1.807) is 5.57 Å². The van der Waals surface area contributed by atoms with Gasteiger partial charge in [-0.2, -0.15) is 0 Å². The van der Waals surface area contributed by atoms with Crippen molar-refractivity contribution in [3.63, 3.8) is 0 Å². The average Bonchev–Trinajstić information content (AvgIpc) is 3.85. The van der Waals surface area contributed by atoms with E-state index in [1.165, 1.54) is 122 Å². The molecule has 0 bridgehead atoms. The fourth-order valence-corrected chi connectivity index (χ4v) is 13.4. The van der Waals surface area contributed by atoms with Gasteiger partial charge in [-0.1, -0.05) is 135 Å². The topological polar surface area (TPSA) is 69.3 Å². The van der Waals surface area contributed by atoms with Crippen LogP contribution in [0.5, 0.6) is 0 Å². The van der Waals surface area contributed by atoms with E-state index in [1.807, 2.05) is 0 Å². The molecule has 1 aliphatic heterocycles. The Kier molecular flexibility index (Phi) is 23.8. The molecule has 64 heavy (non-hydrogen) atoms. The van der Waals surface area contributed by atoms with Gasteiger partial charge in [0.05, 0.1) is 32.5 Å². The molecule has 0 aromatic carbocycles. The number of hydrogen-bond donors (Lipinski definition) is 1. The minimum atomic E-state index is -0.308. The molecule has 0 spiro atoms. The fraction of sp³-hybridized carbons (Fsp3) is 0.877. The summed E-state index contributed by atoms with van der Waals surface area (Å²) < 4.78 is 24.4. The number of ether oxygens (including phenoxy) is 4. The lowest BCUT2D eigenvalue weighted by molar-refractivity contribution is -0.0583. The first-order valence-corrected chi connectivity index (χ1v) is 27.5. The van der Waals surface area contributed by atoms with Crippen molar-refractivity contribution < 1.29 is 23.7 Å². The number of hydrogen-bond acceptors (Lipinski definition) is 6. The van der Waals surface area contributed by atoms with E-state index in [4.69, 9.17) is 18.9 Å². The molecule has 5 aliphatic rings. The number of nitrogens with zero attached hydrogens (tertiary/aromatic N) is 1. The summed E-state index contributed by atoms with van der Waals surface area (Å²) in [5.41, 5.74) is 2.35. The number of amides is 1. The van der Waals surface area contributed by atoms with E-state index < -0.39 is 0 Å². The van der Waals surface area contributed by atoms with Gasteiger partial charge in [-0.15, -0.1) is 0 Å². The van der Waals surface area contributed by atoms with E-state index in [-0.39, 0.29) is 23.7 Å². The van der Waals surface area contributed by atoms with Crippen LogP contribution in [0.3, 0.4) is 0 Å². The number of alkyl carbamates (subject to hydrolysis) is 1. The van der Waals surface area contributed by atoms with Crippen molar-refractivity contribution >= 4 is 6.09 Å². The zero-order chi connectivity index (χ0) is 45.6. The highest BCUT2D eigenvalue weighted by molar-refractivity contribution is 5.67. The van der Waals surface area contributed by atoms with Crippen LogP contribution in [0, 0.1) is 46.3 Å². The van der Waals surface area contributed by atoms with Crippen LogP contribution in [0.2, 0.25) is 0 Å². The molecule has 0 aromatic heterocycles. The van der Waals surface area contributed by atoms with Gasteiger partial charge in [0.25, 0.3) is 0 Å². The molecule has 1 heterocycles. The zero-order valence-corrected chi connectivity index (χ0v) is 42.7. The number of nitrogens with one attached hydrogen (secondary N) is 1. The lowest BCUT2D eigenvalue weighted by Crippen LogP contribution is -2.51. The first-order chi connectivity index (χ1) is 31.0. The lowest BCUT2D eigenvalue weighted by Gasteiger charge is -2.58. The molecule has 10 atom stereocenters. The van der Waals surface area contributed by atoms with Crippen molar-refractivity contribution in [1.82, 2.24) is 10.2 Å². The summed E-state index contributed by atoms with van der Waals surface area (Å²) in [4.78, 5) is 15.5. The number of allylic oxidation sites excluding steroid dienone is 5. The number of likely N-dealkylation sites (tertiary alicyclic amines) is 1. The highest BCUT2D eigenvalue weighted by Gasteiger charge is 2.59. The molecular formula is C57H100N2O5. The Morgan fingerprint density at radius 2 is 1.61 bits per heavy atom. The van der Waals surface area contributed by atoms with Gasteiger partial charge >= 0.3 is 6.09 Å². The molecule has 5 rings (SSSR count). The van der Waals surface area contributed by atoms with E-state index in [2.05, 4.69) is 89.1 Å². The molecule has 368 valence electrons. The first-order valence-electron chi connectivity index (χ1n) is 27.5. The second-order valence-corrected chi connectivity index (χ2v) is 22.4. The van der Waals surface area contributed by atoms with Crippen LogP contribution in [-0.2, 0) is 18.9 Å². The normalized spacial score (nSPS) is 30.4. The van der Waals surface area contributed by atoms with Crippen molar-refractivity contribution in [3.8, 4) is 0 Å². The number of fused-ring (bicyclic) bond motifs is 5. The number of carbonyl (C=O) groups excluding carboxylic acids is 1. The van der Waals surface area contributed by atoms with Crippen molar-refractivity contribution in [2.45, 2.75) is 221 Å². The van der Waals surface area contributed by atoms with E-state index in [0.29, 0.717) is 44.4 Å². The highest BCUT2D eigenvalue weighted by Crippen LogP contribution is 2.67. The third kappa shape index (κ3) is 16.5. The predicted octanol–water partition coefficient (Wildman–Crippen LogP) is 14.4. The Bertz CT molecular complexity index is 1400. The summed E-state index contributed by atoms with van der Waals surface area (Å²) in [6, 6.07) is 0.604. The molecule has 3 saturated carbocycles. The molecule has 1 N–H and O–H groups in total. The van der Waals surface area contributed by atoms with Crippen LogP contribution in [0.25, 0.3) is 0 Å². The Labute approximate surface area is 394 Å². The monoisotopic (exact) mass is 893 g/mol. The highest BCUT2D eigenvalue weighted by atomic mass is 16.6. The summed E-state index contributed by atoms with van der Waals surface area (Å²) in [6.45, 7) is 22.6. The Hall–Kier alpha value is -1.67. The molecule has 4 aliphatic carbocycles. The molecule has 7 heteroatoms. The van der Waals surface area contributed by atoms with Gasteiger partial charge in [0, 0.05) is 32.2 Å². The zero-order valence-electron chi connectivity index (χ0n) is 42.7. The average molecular weight is 893 g/mol. The Morgan fingerprint density at radius 1 is 0.828 bits per heavy atom. The second-order valence-electron chi connectivity index (χ2n) is 22.4. The Morgan fingerprint density at radius 3 is 2.38 bits per heavy atom. The van der Waals surface area contributed by atoms with E-state index in [9.17, 15) is 4.79 Å². The van der Waals surface area contributed by atoms with Crippen LogP contribution >= 0.6 is 0 Å². The first kappa shape index (κ1) is 53.3. The Balaban J connectivity index is 0.913. The molecule has 4 fully saturated rings. The summed E-state index contributed by atoms with van der Waals surface area (Å²) in [7, 11) is 0. The minimum Gasteiger partial charge on any atom is -0.446 e. The van der Waals surface area contributed by atoms with Gasteiger partial charge < -0.3 is 24.3 Å². The van der Waals surface area contributed by atoms with Crippen LogP contribution in [0.4, 0.5) is 4.79 Å². The summed E-state index contributed by atoms with van der Waals surface area (Å²) >= 11 is 0. The number of unbranched alkanes of at least 4 members (excludes halogenated alkanes) is 8. The van der Waals surface area contributed by atoms with Gasteiger partial charge in [-0.3, -0.25) is 4.90 Å². The van der Waals surface area contributed by atoms with Gasteiger partial charge in [0.2, 0.25) is 0 Å². The third-order valence-electron chi connectivity index (χ3n) is 17.3. The van der Waals surface area contributed by atoms with Crippen LogP contribution in [0.1, 0.15) is 203 Å². The molecule has 0 aromatic rings. The summed E-state index contributed by atoms with van der Waals surface area (Å²) in [5.74, 6) is 5.04. The number of carbonyl (C=O) groups is 1. The van der Waals surface area contributed by atoms with Crippen molar-refractivity contribution in [2.24, 2.45) is 46.3 Å². The molecule has 1 amide bonds. The standard InChI is InChI=1S/C57H100N2O5/c1-8-9-10-11-12-13-14-15-16-17-18-19-20-21-22-38-62-44-50(43-59-37-24-27-47(59)5)63-41-40-61-39-36-58-55(60)64-49-32-34-56(6)48(42-49)28-29-51-53-31-30-52(46(4)26-23-25-45(2)3)57(53,7)35-33-54(51)56/h11-12,14-15,28,45-47,49-54H,8-10,13,16-27,29-44H2,1-7H3,(H,58,60)/t46?,47?,49-,50?,51-,52?,53?,54?,56-,57+/m0/s1. The smallest absolute Gasteiger partial charge is 0.407 e. The van der Waals surface area contributed by atoms with Gasteiger partial charge in [-0.05, 0) is 150 Å². The van der Waals surface area contributed by atoms with Crippen LogP contribution in [-0.4, -0.2) is 81.9 Å². The maximum Gasteiger partial charge on any atom is 0.407 e. The van der Waals surface area contributed by atoms with Crippen molar-refractivity contribution in [2.75, 3.05) is 52.7 Å². The molecular weight excluding hydrogens is 793 g/mol. The summed E-state index contributed by atoms with van der Waals surface area (Å²) in [6.07, 6.45) is 41.9. The van der Waals surface area contributed by atoms with Gasteiger partial charge in [0.1, 0.15) is 6.10 Å². The quantitative estimate of drug-likeness (QED) is 0.0552. The maximum absolute atomic E-state index is 12.9. The molecule has 0 radical (unpaired) electrons.